The van der Waals surface area contributed by atoms with Gasteiger partial charge < -0.3 is 9.88 Å². The maximum atomic E-state index is 12.7. The van der Waals surface area contributed by atoms with Gasteiger partial charge in [-0.25, -0.2) is 0 Å². The van der Waals surface area contributed by atoms with Crippen LogP contribution in [0.4, 0.5) is 5.69 Å². The Balaban J connectivity index is 1.95. The largest absolute Gasteiger partial charge is 0.321 e. The molecule has 0 aliphatic heterocycles. The number of pyridine rings is 1. The molecule has 2 aromatic rings. The standard InChI is InChI=1S/C21H21N3O3/c1-24-12-14(13-25)10-17(21(24)27)20(26)23-19-9-5-8-16(18(19)11-22)15-6-3-2-4-7-15/h5,8-10,12-13,15H,2-4,6-7H2,1H3,(H,23,26). The molecule has 3 rings (SSSR count). The second-order valence-corrected chi connectivity index (χ2v) is 6.89. The summed E-state index contributed by atoms with van der Waals surface area (Å²) in [7, 11) is 1.48. The van der Waals surface area contributed by atoms with Crippen molar-refractivity contribution in [3.8, 4) is 6.07 Å². The van der Waals surface area contributed by atoms with Crippen molar-refractivity contribution in [1.82, 2.24) is 4.57 Å². The van der Waals surface area contributed by atoms with Gasteiger partial charge in [0.05, 0.1) is 11.3 Å². The second kappa shape index (κ2) is 8.00. The number of nitrogens with zero attached hydrogens (tertiary/aromatic N) is 2. The molecule has 6 heteroatoms. The van der Waals surface area contributed by atoms with Gasteiger partial charge in [0, 0.05) is 18.8 Å². The first kappa shape index (κ1) is 18.6. The molecule has 0 unspecified atom stereocenters. The molecule has 1 aromatic carbocycles. The third kappa shape index (κ3) is 3.82. The van der Waals surface area contributed by atoms with Crippen LogP contribution in [-0.2, 0) is 7.05 Å². The van der Waals surface area contributed by atoms with Crippen LogP contribution in [0.25, 0.3) is 0 Å². The summed E-state index contributed by atoms with van der Waals surface area (Å²) in [6.07, 6.45) is 7.52. The van der Waals surface area contributed by atoms with Crippen LogP contribution in [0.3, 0.4) is 0 Å². The van der Waals surface area contributed by atoms with E-state index in [-0.39, 0.29) is 11.1 Å². The van der Waals surface area contributed by atoms with E-state index in [4.69, 9.17) is 0 Å². The van der Waals surface area contributed by atoms with Gasteiger partial charge in [-0.2, -0.15) is 5.26 Å². The number of nitrogens with one attached hydrogen (secondary N) is 1. The third-order valence-electron chi connectivity index (χ3n) is 5.09. The molecule has 1 aliphatic carbocycles. The maximum absolute atomic E-state index is 12.7. The molecule has 1 saturated carbocycles. The fourth-order valence-corrected chi connectivity index (χ4v) is 3.71. The molecule has 0 atom stereocenters. The molecule has 1 aliphatic rings. The molecule has 138 valence electrons. The number of anilines is 1. The second-order valence-electron chi connectivity index (χ2n) is 6.89. The van der Waals surface area contributed by atoms with Crippen LogP contribution >= 0.6 is 0 Å². The molecular weight excluding hydrogens is 342 g/mol. The number of hydrogen-bond donors (Lipinski definition) is 1. The average molecular weight is 363 g/mol. The lowest BCUT2D eigenvalue weighted by Crippen LogP contribution is -2.28. The molecule has 27 heavy (non-hydrogen) atoms. The molecule has 0 radical (unpaired) electrons. The number of benzene rings is 1. The van der Waals surface area contributed by atoms with Crippen LogP contribution in [0.2, 0.25) is 0 Å². The lowest BCUT2D eigenvalue weighted by Gasteiger charge is -2.23. The molecule has 1 N–H and O–H groups in total. The molecule has 0 bridgehead atoms. The number of aryl methyl sites for hydroxylation is 1. The van der Waals surface area contributed by atoms with E-state index in [0.29, 0.717) is 23.5 Å². The van der Waals surface area contributed by atoms with Crippen molar-refractivity contribution in [2.45, 2.75) is 38.0 Å². The Bertz CT molecular complexity index is 979. The van der Waals surface area contributed by atoms with E-state index in [1.165, 1.54) is 30.3 Å². The van der Waals surface area contributed by atoms with Crippen molar-refractivity contribution >= 4 is 17.9 Å². The van der Waals surface area contributed by atoms with E-state index in [2.05, 4.69) is 11.4 Å². The highest BCUT2D eigenvalue weighted by molar-refractivity contribution is 6.05. The predicted octanol–water partition coefficient (Wildman–Crippen LogP) is 3.37. The number of carbonyl (C=O) groups is 2. The number of aldehydes is 1. The zero-order valence-electron chi connectivity index (χ0n) is 15.2. The van der Waals surface area contributed by atoms with Crippen LogP contribution in [0.1, 0.15) is 69.9 Å². The first-order chi connectivity index (χ1) is 13.0. The maximum Gasteiger partial charge on any atom is 0.263 e. The fourth-order valence-electron chi connectivity index (χ4n) is 3.71. The normalized spacial score (nSPS) is 14.4. The van der Waals surface area contributed by atoms with E-state index in [0.717, 1.165) is 31.2 Å². The highest BCUT2D eigenvalue weighted by atomic mass is 16.2. The summed E-state index contributed by atoms with van der Waals surface area (Å²) >= 11 is 0. The Morgan fingerprint density at radius 1 is 1.30 bits per heavy atom. The zero-order valence-corrected chi connectivity index (χ0v) is 15.2. The van der Waals surface area contributed by atoms with E-state index in [9.17, 15) is 19.6 Å². The molecular formula is C21H21N3O3. The Hall–Kier alpha value is -3.20. The number of rotatable bonds is 4. The van der Waals surface area contributed by atoms with Gasteiger partial charge in [-0.1, -0.05) is 31.4 Å². The van der Waals surface area contributed by atoms with Crippen molar-refractivity contribution in [2.75, 3.05) is 5.32 Å². The number of aromatic nitrogens is 1. The summed E-state index contributed by atoms with van der Waals surface area (Å²) in [5.74, 6) is -0.312. The highest BCUT2D eigenvalue weighted by Gasteiger charge is 2.22. The van der Waals surface area contributed by atoms with Gasteiger partial charge >= 0.3 is 0 Å². The molecule has 6 nitrogen and oxygen atoms in total. The monoisotopic (exact) mass is 363 g/mol. The van der Waals surface area contributed by atoms with Gasteiger partial charge in [-0.15, -0.1) is 0 Å². The molecule has 0 spiro atoms. The van der Waals surface area contributed by atoms with E-state index in [1.807, 2.05) is 12.1 Å². The van der Waals surface area contributed by atoms with Gasteiger partial charge in [0.25, 0.3) is 11.5 Å². The Kier molecular flexibility index (Phi) is 5.51. The topological polar surface area (TPSA) is 92.0 Å². The summed E-state index contributed by atoms with van der Waals surface area (Å²) in [5.41, 5.74) is 1.39. The lowest BCUT2D eigenvalue weighted by molar-refractivity contribution is 0.102. The minimum Gasteiger partial charge on any atom is -0.321 e. The highest BCUT2D eigenvalue weighted by Crippen LogP contribution is 2.36. The molecule has 1 amide bonds. The van der Waals surface area contributed by atoms with Crippen molar-refractivity contribution < 1.29 is 9.59 Å². The Labute approximate surface area is 157 Å². The van der Waals surface area contributed by atoms with Gasteiger partial charge in [0.1, 0.15) is 11.6 Å². The molecule has 1 fully saturated rings. The summed E-state index contributed by atoms with van der Waals surface area (Å²) in [5, 5.41) is 12.4. The van der Waals surface area contributed by atoms with Crippen molar-refractivity contribution in [3.05, 3.63) is 63.1 Å². The summed E-state index contributed by atoms with van der Waals surface area (Å²) in [6.45, 7) is 0. The lowest BCUT2D eigenvalue weighted by atomic mass is 9.82. The van der Waals surface area contributed by atoms with Gasteiger partial charge in [-0.3, -0.25) is 14.4 Å². The van der Waals surface area contributed by atoms with Crippen LogP contribution in [0, 0.1) is 11.3 Å². The fraction of sp³-hybridized carbons (Fsp3) is 0.333. The van der Waals surface area contributed by atoms with E-state index >= 15 is 0 Å². The van der Waals surface area contributed by atoms with Crippen molar-refractivity contribution in [2.24, 2.45) is 7.05 Å². The van der Waals surface area contributed by atoms with Gasteiger partial charge in [-0.05, 0) is 36.5 Å². The summed E-state index contributed by atoms with van der Waals surface area (Å²) < 4.78 is 1.20. The molecule has 0 saturated heterocycles. The van der Waals surface area contributed by atoms with Crippen molar-refractivity contribution in [3.63, 3.8) is 0 Å². The minimum atomic E-state index is -0.628. The minimum absolute atomic E-state index is 0.131. The quantitative estimate of drug-likeness (QED) is 0.843. The SMILES string of the molecule is Cn1cc(C=O)cc(C(=O)Nc2cccc(C3CCCCC3)c2C#N)c1=O. The number of hydrogen-bond acceptors (Lipinski definition) is 4. The van der Waals surface area contributed by atoms with E-state index < -0.39 is 11.5 Å². The number of carbonyl (C=O) groups excluding carboxylic acids is 2. The first-order valence-corrected chi connectivity index (χ1v) is 9.05. The summed E-state index contributed by atoms with van der Waals surface area (Å²) in [6, 6.07) is 8.90. The average Bonchev–Trinajstić information content (AvgIpc) is 2.70. The summed E-state index contributed by atoms with van der Waals surface area (Å²) in [4.78, 5) is 36.0. The van der Waals surface area contributed by atoms with Crippen molar-refractivity contribution in [1.29, 1.82) is 5.26 Å². The van der Waals surface area contributed by atoms with Crippen LogP contribution in [-0.4, -0.2) is 16.8 Å². The Morgan fingerprint density at radius 2 is 2.04 bits per heavy atom. The first-order valence-electron chi connectivity index (χ1n) is 9.05. The Morgan fingerprint density at radius 3 is 2.70 bits per heavy atom. The number of amides is 1. The van der Waals surface area contributed by atoms with Crippen LogP contribution in [0.15, 0.2) is 35.3 Å². The van der Waals surface area contributed by atoms with E-state index in [1.54, 1.807) is 6.07 Å². The molecule has 1 heterocycles. The third-order valence-corrected chi connectivity index (χ3v) is 5.09. The van der Waals surface area contributed by atoms with Crippen LogP contribution < -0.4 is 10.9 Å². The zero-order chi connectivity index (χ0) is 19.4. The number of nitriles is 1. The van der Waals surface area contributed by atoms with Gasteiger partial charge in [0.15, 0.2) is 6.29 Å². The smallest absolute Gasteiger partial charge is 0.263 e. The predicted molar refractivity (Wildman–Crippen MR) is 102 cm³/mol. The molecule has 1 aromatic heterocycles. The van der Waals surface area contributed by atoms with Gasteiger partial charge in [0.2, 0.25) is 0 Å². The van der Waals surface area contributed by atoms with Crippen LogP contribution in [0.5, 0.6) is 0 Å².